The minimum absolute atomic E-state index is 0.107. The van der Waals surface area contributed by atoms with Gasteiger partial charge in [-0.1, -0.05) is 47.6 Å². The van der Waals surface area contributed by atoms with Gasteiger partial charge in [-0.05, 0) is 24.6 Å². The second-order valence-electron chi connectivity index (χ2n) is 6.56. The lowest BCUT2D eigenvalue weighted by Gasteiger charge is -2.22. The smallest absolute Gasteiger partial charge is 0.325 e. The van der Waals surface area contributed by atoms with E-state index in [1.54, 1.807) is 38.3 Å². The molecule has 28 heavy (non-hydrogen) atoms. The number of hydrogen-bond acceptors (Lipinski definition) is 6. The first kappa shape index (κ1) is 17.7. The summed E-state index contributed by atoms with van der Waals surface area (Å²) >= 11 is 0. The molecule has 4 rings (SSSR count). The number of methoxy groups -OCH3 is 1. The van der Waals surface area contributed by atoms with E-state index >= 15 is 0 Å². The van der Waals surface area contributed by atoms with Crippen molar-refractivity contribution in [3.63, 3.8) is 0 Å². The van der Waals surface area contributed by atoms with Crippen LogP contribution in [0.15, 0.2) is 59.1 Å². The molecule has 1 N–H and O–H groups in total. The van der Waals surface area contributed by atoms with Crippen LogP contribution in [0.1, 0.15) is 18.4 Å². The molecule has 1 aliphatic rings. The Kier molecular flexibility index (Phi) is 4.31. The lowest BCUT2D eigenvalue weighted by atomic mass is 9.92. The first-order chi connectivity index (χ1) is 13.5. The third-order valence-electron chi connectivity index (χ3n) is 4.72. The minimum atomic E-state index is -1.20. The Bertz CT molecular complexity index is 1030. The van der Waals surface area contributed by atoms with Crippen molar-refractivity contribution >= 4 is 11.9 Å². The molecule has 8 heteroatoms. The number of imide groups is 1. The summed E-state index contributed by atoms with van der Waals surface area (Å²) < 4.78 is 10.5. The van der Waals surface area contributed by atoms with Crippen molar-refractivity contribution < 1.29 is 18.8 Å². The van der Waals surface area contributed by atoms with E-state index < -0.39 is 17.5 Å². The number of nitrogens with zero attached hydrogens (tertiary/aromatic N) is 3. The molecule has 3 aromatic rings. The van der Waals surface area contributed by atoms with Gasteiger partial charge < -0.3 is 14.6 Å². The van der Waals surface area contributed by atoms with Crippen LogP contribution in [0.25, 0.3) is 11.4 Å². The molecule has 2 heterocycles. The van der Waals surface area contributed by atoms with Gasteiger partial charge in [0.15, 0.2) is 0 Å². The number of ether oxygens (including phenoxy) is 1. The molecule has 0 saturated carbocycles. The summed E-state index contributed by atoms with van der Waals surface area (Å²) in [4.78, 5) is 30.9. The van der Waals surface area contributed by atoms with Crippen LogP contribution in [-0.2, 0) is 16.9 Å². The van der Waals surface area contributed by atoms with E-state index in [-0.39, 0.29) is 12.4 Å². The van der Waals surface area contributed by atoms with Crippen LogP contribution in [0.2, 0.25) is 0 Å². The SMILES string of the molecule is COc1cccc([C@@]2(C)NC(=O)N(Cc3nc(-c4ccccc4)no3)C2=O)c1. The maximum absolute atomic E-state index is 13.0. The molecule has 0 aliphatic carbocycles. The van der Waals surface area contributed by atoms with Gasteiger partial charge in [0, 0.05) is 5.56 Å². The molecule has 1 saturated heterocycles. The van der Waals surface area contributed by atoms with Crippen molar-refractivity contribution in [1.29, 1.82) is 0 Å². The number of amides is 3. The van der Waals surface area contributed by atoms with Crippen molar-refractivity contribution in [1.82, 2.24) is 20.4 Å². The molecule has 3 amide bonds. The zero-order valence-corrected chi connectivity index (χ0v) is 15.4. The molecule has 0 radical (unpaired) electrons. The first-order valence-corrected chi connectivity index (χ1v) is 8.68. The number of carbonyl (C=O) groups is 2. The normalized spacial score (nSPS) is 19.0. The Hall–Kier alpha value is -3.68. The molecule has 142 valence electrons. The number of aromatic nitrogens is 2. The fourth-order valence-corrected chi connectivity index (χ4v) is 3.13. The Morgan fingerprint density at radius 3 is 2.68 bits per heavy atom. The van der Waals surface area contributed by atoms with Gasteiger partial charge in [-0.15, -0.1) is 0 Å². The predicted octanol–water partition coefficient (Wildman–Crippen LogP) is 2.71. The van der Waals surface area contributed by atoms with Crippen LogP contribution >= 0.6 is 0 Å². The summed E-state index contributed by atoms with van der Waals surface area (Å²) in [5.74, 6) is 0.782. The standard InChI is InChI=1S/C20H18N4O4/c1-20(14-9-6-10-15(11-14)27-2)18(25)24(19(26)22-20)12-16-21-17(23-28-16)13-7-4-3-5-8-13/h3-11H,12H2,1-2H3,(H,22,26)/t20-/m1/s1. The maximum Gasteiger partial charge on any atom is 0.325 e. The second kappa shape index (κ2) is 6.80. The van der Waals surface area contributed by atoms with Gasteiger partial charge in [-0.2, -0.15) is 4.98 Å². The topological polar surface area (TPSA) is 97.6 Å². The number of benzene rings is 2. The van der Waals surface area contributed by atoms with Crippen molar-refractivity contribution in [2.75, 3.05) is 7.11 Å². The van der Waals surface area contributed by atoms with E-state index in [9.17, 15) is 9.59 Å². The molecule has 1 atom stereocenters. The third-order valence-corrected chi connectivity index (χ3v) is 4.72. The van der Waals surface area contributed by atoms with Crippen molar-refractivity contribution in [2.24, 2.45) is 0 Å². The number of carbonyl (C=O) groups excluding carboxylic acids is 2. The van der Waals surface area contributed by atoms with Crippen molar-refractivity contribution in [2.45, 2.75) is 19.0 Å². The van der Waals surface area contributed by atoms with Gasteiger partial charge in [0.25, 0.3) is 5.91 Å². The van der Waals surface area contributed by atoms with Crippen LogP contribution < -0.4 is 10.1 Å². The number of rotatable bonds is 5. The summed E-state index contributed by atoms with van der Waals surface area (Å²) in [6.45, 7) is 1.55. The second-order valence-corrected chi connectivity index (χ2v) is 6.56. The summed E-state index contributed by atoms with van der Waals surface area (Å²) in [6, 6.07) is 15.8. The van der Waals surface area contributed by atoms with Gasteiger partial charge in [-0.25, -0.2) is 4.79 Å². The molecule has 0 unspecified atom stereocenters. The summed E-state index contributed by atoms with van der Waals surface area (Å²) in [5, 5.41) is 6.67. The molecule has 2 aromatic carbocycles. The largest absolute Gasteiger partial charge is 0.497 e. The molecule has 1 aromatic heterocycles. The lowest BCUT2D eigenvalue weighted by molar-refractivity contribution is -0.131. The molecular formula is C20H18N4O4. The van der Waals surface area contributed by atoms with E-state index in [2.05, 4.69) is 15.5 Å². The van der Waals surface area contributed by atoms with Crippen LogP contribution in [0.3, 0.4) is 0 Å². The molecule has 1 fully saturated rings. The zero-order chi connectivity index (χ0) is 19.7. The maximum atomic E-state index is 13.0. The van der Waals surface area contributed by atoms with E-state index in [0.717, 1.165) is 10.5 Å². The van der Waals surface area contributed by atoms with E-state index in [1.165, 1.54) is 0 Å². The monoisotopic (exact) mass is 378 g/mol. The predicted molar refractivity (Wildman–Crippen MR) is 99.2 cm³/mol. The highest BCUT2D eigenvalue weighted by Crippen LogP contribution is 2.31. The highest BCUT2D eigenvalue weighted by Gasteiger charge is 2.49. The highest BCUT2D eigenvalue weighted by molar-refractivity contribution is 6.07. The fourth-order valence-electron chi connectivity index (χ4n) is 3.13. The first-order valence-electron chi connectivity index (χ1n) is 8.68. The molecule has 8 nitrogen and oxygen atoms in total. The quantitative estimate of drug-likeness (QED) is 0.686. The van der Waals surface area contributed by atoms with Crippen molar-refractivity contribution in [3.05, 3.63) is 66.1 Å². The van der Waals surface area contributed by atoms with Gasteiger partial charge in [0.1, 0.15) is 17.8 Å². The number of hydrogen-bond donors (Lipinski definition) is 1. The Balaban J connectivity index is 1.57. The number of urea groups is 1. The van der Waals surface area contributed by atoms with Crippen LogP contribution in [-0.4, -0.2) is 34.1 Å². The fraction of sp³-hybridized carbons (Fsp3) is 0.200. The Morgan fingerprint density at radius 1 is 1.14 bits per heavy atom. The zero-order valence-electron chi connectivity index (χ0n) is 15.4. The van der Waals surface area contributed by atoms with E-state index in [1.807, 2.05) is 30.3 Å². The summed E-state index contributed by atoms with van der Waals surface area (Å²) in [6.07, 6.45) is 0. The average Bonchev–Trinajstić information content (AvgIpc) is 3.28. The molecule has 0 spiro atoms. The average molecular weight is 378 g/mol. The molecule has 0 bridgehead atoms. The minimum Gasteiger partial charge on any atom is -0.497 e. The molecular weight excluding hydrogens is 360 g/mol. The summed E-state index contributed by atoms with van der Waals surface area (Å²) in [5.41, 5.74) is 0.215. The van der Waals surface area contributed by atoms with Gasteiger partial charge >= 0.3 is 6.03 Å². The third kappa shape index (κ3) is 2.98. The van der Waals surface area contributed by atoms with Gasteiger partial charge in [0.2, 0.25) is 11.7 Å². The number of nitrogens with one attached hydrogen (secondary N) is 1. The van der Waals surface area contributed by atoms with Crippen LogP contribution in [0.5, 0.6) is 5.75 Å². The van der Waals surface area contributed by atoms with Crippen LogP contribution in [0, 0.1) is 0 Å². The Morgan fingerprint density at radius 2 is 1.93 bits per heavy atom. The van der Waals surface area contributed by atoms with Crippen LogP contribution in [0.4, 0.5) is 4.79 Å². The lowest BCUT2D eigenvalue weighted by Crippen LogP contribution is -2.40. The van der Waals surface area contributed by atoms with Gasteiger partial charge in [0.05, 0.1) is 7.11 Å². The van der Waals surface area contributed by atoms with E-state index in [4.69, 9.17) is 9.26 Å². The Labute approximate surface area is 161 Å². The highest BCUT2D eigenvalue weighted by atomic mass is 16.5. The van der Waals surface area contributed by atoms with Gasteiger partial charge in [-0.3, -0.25) is 9.69 Å². The van der Waals surface area contributed by atoms with E-state index in [0.29, 0.717) is 17.1 Å². The summed E-state index contributed by atoms with van der Waals surface area (Å²) in [7, 11) is 1.54. The molecule has 1 aliphatic heterocycles. The van der Waals surface area contributed by atoms with Crippen molar-refractivity contribution in [3.8, 4) is 17.1 Å².